The van der Waals surface area contributed by atoms with Crippen LogP contribution in [0.15, 0.2) is 24.3 Å². The zero-order valence-corrected chi connectivity index (χ0v) is 10.3. The van der Waals surface area contributed by atoms with Crippen LogP contribution in [0.5, 0.6) is 0 Å². The van der Waals surface area contributed by atoms with Gasteiger partial charge in [0.15, 0.2) is 0 Å². The summed E-state index contributed by atoms with van der Waals surface area (Å²) >= 11 is 0. The Balaban J connectivity index is 2.97. The van der Waals surface area contributed by atoms with Gasteiger partial charge < -0.3 is 0 Å². The van der Waals surface area contributed by atoms with E-state index in [0.29, 0.717) is 5.69 Å². The fourth-order valence-corrected chi connectivity index (χ4v) is 2.84. The summed E-state index contributed by atoms with van der Waals surface area (Å²) in [6.07, 6.45) is -1.51. The molecule has 1 N–H and O–H groups in total. The van der Waals surface area contributed by atoms with Crippen molar-refractivity contribution >= 4 is 25.1 Å². The van der Waals surface area contributed by atoms with Crippen LogP contribution in [0, 0.1) is 0 Å². The molecule has 0 saturated carbocycles. The van der Waals surface area contributed by atoms with Crippen molar-refractivity contribution in [2.45, 2.75) is 26.1 Å². The second kappa shape index (κ2) is 4.57. The van der Waals surface area contributed by atoms with Crippen LogP contribution in [0.3, 0.4) is 0 Å². The maximum Gasteiger partial charge on any atom is 0.401 e. The third kappa shape index (κ3) is 3.16. The Bertz CT molecular complexity index is 365. The summed E-state index contributed by atoms with van der Waals surface area (Å²) in [7, 11) is -1.41. The molecule has 0 saturated heterocycles. The fourth-order valence-electron chi connectivity index (χ4n) is 1.34. The van der Waals surface area contributed by atoms with Crippen molar-refractivity contribution in [2.24, 2.45) is 0 Å². The Hall–Kier alpha value is -1.16. The van der Waals surface area contributed by atoms with Crippen LogP contribution in [0.1, 0.15) is 6.92 Å². The van der Waals surface area contributed by atoms with E-state index in [-0.39, 0.29) is 0 Å². The molecule has 0 bridgehead atoms. The van der Waals surface area contributed by atoms with Crippen LogP contribution >= 0.6 is 0 Å². The van der Waals surface area contributed by atoms with Crippen molar-refractivity contribution < 1.29 is 9.18 Å². The molecule has 1 rings (SSSR count). The van der Waals surface area contributed by atoms with Gasteiger partial charge in [0.25, 0.3) is 0 Å². The number of halogens is 1. The summed E-state index contributed by atoms with van der Waals surface area (Å²) in [4.78, 5) is 10.3. The number of hydrogen-bond donors (Lipinski definition) is 1. The first-order valence-corrected chi connectivity index (χ1v) is 8.23. The molecule has 1 aromatic rings. The van der Waals surface area contributed by atoms with Crippen molar-refractivity contribution in [2.75, 3.05) is 5.32 Å². The minimum Gasteiger partial charge on any atom is -0.298 e. The number of nitrogens with one attached hydrogen (secondary N) is 1. The largest absolute Gasteiger partial charge is 0.401 e. The SMILES string of the molecule is CC[Si](C)(C)c1cccc(NC(=O)F)c1. The van der Waals surface area contributed by atoms with Crippen molar-refractivity contribution in [1.82, 2.24) is 0 Å². The molecule has 0 aliphatic heterocycles. The third-order valence-corrected chi connectivity index (χ3v) is 6.41. The molecular formula is C11H16FNOSi. The number of carbonyl (C=O) groups excluding carboxylic acids is 1. The zero-order chi connectivity index (χ0) is 11.5. The van der Waals surface area contributed by atoms with Gasteiger partial charge in [0, 0.05) is 5.69 Å². The topological polar surface area (TPSA) is 29.1 Å². The minimum atomic E-state index is -1.51. The van der Waals surface area contributed by atoms with E-state index in [2.05, 4.69) is 25.3 Å². The van der Waals surface area contributed by atoms with E-state index in [1.165, 1.54) is 5.19 Å². The number of benzene rings is 1. The third-order valence-electron chi connectivity index (χ3n) is 2.77. The fraction of sp³-hybridized carbons (Fsp3) is 0.364. The molecule has 0 fully saturated rings. The number of rotatable bonds is 3. The van der Waals surface area contributed by atoms with Gasteiger partial charge in [0.2, 0.25) is 0 Å². The number of anilines is 1. The number of amides is 1. The van der Waals surface area contributed by atoms with Crippen LogP contribution in [0.2, 0.25) is 19.1 Å². The lowest BCUT2D eigenvalue weighted by atomic mass is 10.3. The lowest BCUT2D eigenvalue weighted by Gasteiger charge is -2.21. The van der Waals surface area contributed by atoms with Gasteiger partial charge in [0.1, 0.15) is 0 Å². The highest BCUT2D eigenvalue weighted by molar-refractivity contribution is 6.89. The van der Waals surface area contributed by atoms with E-state index in [4.69, 9.17) is 0 Å². The highest BCUT2D eigenvalue weighted by Gasteiger charge is 2.20. The van der Waals surface area contributed by atoms with Gasteiger partial charge in [-0.3, -0.25) is 5.32 Å². The number of carbonyl (C=O) groups is 1. The molecule has 82 valence electrons. The second-order valence-electron chi connectivity index (χ2n) is 4.22. The molecule has 0 aliphatic rings. The molecule has 0 radical (unpaired) electrons. The predicted octanol–water partition coefficient (Wildman–Crippen LogP) is 3.12. The molecule has 1 amide bonds. The van der Waals surface area contributed by atoms with Crippen LogP contribution < -0.4 is 10.5 Å². The molecule has 0 spiro atoms. The standard InChI is InChI=1S/C11H16FNOSi/c1-4-15(2,3)10-7-5-6-9(8-10)13-11(12)14/h5-8H,4H2,1-3H3,(H,13,14). The lowest BCUT2D eigenvalue weighted by molar-refractivity contribution is 0.235. The molecular weight excluding hydrogens is 209 g/mol. The van der Waals surface area contributed by atoms with Crippen molar-refractivity contribution in [3.05, 3.63) is 24.3 Å². The maximum absolute atomic E-state index is 12.2. The molecule has 0 atom stereocenters. The Kier molecular flexibility index (Phi) is 3.63. The summed E-state index contributed by atoms with van der Waals surface area (Å²) in [6, 6.07) is 8.59. The monoisotopic (exact) mass is 225 g/mol. The molecule has 15 heavy (non-hydrogen) atoms. The Morgan fingerprint density at radius 1 is 1.47 bits per heavy atom. The molecule has 0 aliphatic carbocycles. The van der Waals surface area contributed by atoms with Crippen LogP contribution in [-0.4, -0.2) is 14.2 Å². The molecule has 0 heterocycles. The number of hydrogen-bond acceptors (Lipinski definition) is 1. The average molecular weight is 225 g/mol. The maximum atomic E-state index is 12.2. The van der Waals surface area contributed by atoms with Crippen molar-refractivity contribution in [3.8, 4) is 0 Å². The summed E-state index contributed by atoms with van der Waals surface area (Å²) in [5.41, 5.74) is 0.536. The molecule has 2 nitrogen and oxygen atoms in total. The van der Waals surface area contributed by atoms with E-state index in [0.717, 1.165) is 6.04 Å². The van der Waals surface area contributed by atoms with E-state index >= 15 is 0 Å². The van der Waals surface area contributed by atoms with Gasteiger partial charge in [-0.15, -0.1) is 4.39 Å². The Labute approximate surface area is 90.5 Å². The van der Waals surface area contributed by atoms with Gasteiger partial charge in [-0.05, 0) is 12.1 Å². The quantitative estimate of drug-likeness (QED) is 0.478. The van der Waals surface area contributed by atoms with Crippen molar-refractivity contribution in [3.63, 3.8) is 0 Å². The average Bonchev–Trinajstić information content (AvgIpc) is 2.17. The summed E-state index contributed by atoms with van der Waals surface area (Å²) < 4.78 is 12.2. The molecule has 0 aromatic heterocycles. The van der Waals surface area contributed by atoms with E-state index in [9.17, 15) is 9.18 Å². The van der Waals surface area contributed by atoms with Crippen molar-refractivity contribution in [1.29, 1.82) is 0 Å². The summed E-state index contributed by atoms with van der Waals surface area (Å²) in [5, 5.41) is 3.39. The first-order chi connectivity index (χ1) is 6.95. The smallest absolute Gasteiger partial charge is 0.298 e. The Morgan fingerprint density at radius 3 is 2.67 bits per heavy atom. The van der Waals surface area contributed by atoms with Gasteiger partial charge in [-0.2, -0.15) is 0 Å². The molecule has 4 heteroatoms. The van der Waals surface area contributed by atoms with Gasteiger partial charge >= 0.3 is 6.16 Å². The van der Waals surface area contributed by atoms with Crippen LogP contribution in [-0.2, 0) is 0 Å². The Morgan fingerprint density at radius 2 is 2.13 bits per heavy atom. The van der Waals surface area contributed by atoms with Gasteiger partial charge in [-0.1, -0.05) is 43.4 Å². The summed E-state index contributed by atoms with van der Waals surface area (Å²) in [6.45, 7) is 6.67. The van der Waals surface area contributed by atoms with E-state index in [1.54, 1.807) is 6.07 Å². The van der Waals surface area contributed by atoms with Crippen LogP contribution in [0.25, 0.3) is 0 Å². The normalized spacial score (nSPS) is 11.2. The van der Waals surface area contributed by atoms with Crippen LogP contribution in [0.4, 0.5) is 14.9 Å². The van der Waals surface area contributed by atoms with E-state index < -0.39 is 14.2 Å². The predicted molar refractivity (Wildman–Crippen MR) is 64.2 cm³/mol. The highest BCUT2D eigenvalue weighted by Crippen LogP contribution is 2.12. The summed E-state index contributed by atoms with van der Waals surface area (Å²) in [5.74, 6) is 0. The van der Waals surface area contributed by atoms with E-state index in [1.807, 2.05) is 18.2 Å². The lowest BCUT2D eigenvalue weighted by Crippen LogP contribution is -2.40. The first kappa shape index (κ1) is 11.9. The highest BCUT2D eigenvalue weighted by atomic mass is 28.3. The minimum absolute atomic E-state index is 0.536. The first-order valence-electron chi connectivity index (χ1n) is 5.03. The van der Waals surface area contributed by atoms with Gasteiger partial charge in [0.05, 0.1) is 8.07 Å². The second-order valence-corrected chi connectivity index (χ2v) is 9.27. The molecule has 1 aromatic carbocycles. The molecule has 0 unspecified atom stereocenters. The van der Waals surface area contributed by atoms with Gasteiger partial charge in [-0.25, -0.2) is 4.79 Å². The zero-order valence-electron chi connectivity index (χ0n) is 9.30.